The zero-order chi connectivity index (χ0) is 23.1. The van der Waals surface area contributed by atoms with Crippen molar-refractivity contribution < 1.29 is 19.1 Å². The molecule has 1 atom stereocenters. The molecule has 0 fully saturated rings. The molecule has 0 amide bonds. The van der Waals surface area contributed by atoms with E-state index in [0.717, 1.165) is 36.0 Å². The molecule has 3 aromatic rings. The van der Waals surface area contributed by atoms with Crippen LogP contribution in [0.25, 0.3) is 0 Å². The number of carbonyl (C=O) groups is 1. The Kier molecular flexibility index (Phi) is 7.54. The predicted molar refractivity (Wildman–Crippen MR) is 124 cm³/mol. The second kappa shape index (κ2) is 10.5. The number of nitrogen functional groups attached to an aromatic ring is 1. The van der Waals surface area contributed by atoms with Gasteiger partial charge in [0.1, 0.15) is 18.2 Å². The molecule has 7 heteroatoms. The van der Waals surface area contributed by atoms with E-state index in [1.807, 2.05) is 19.1 Å². The van der Waals surface area contributed by atoms with E-state index in [0.29, 0.717) is 22.6 Å². The van der Waals surface area contributed by atoms with Crippen LogP contribution in [-0.4, -0.2) is 16.9 Å². The number of ether oxygens (including phenoxy) is 1. The Balaban J connectivity index is 2.01. The highest BCUT2D eigenvalue weighted by Crippen LogP contribution is 2.35. The maximum atomic E-state index is 12.3. The minimum Gasteiger partial charge on any atom is -0.488 e. The molecule has 0 saturated heterocycles. The second-order valence-corrected chi connectivity index (χ2v) is 7.60. The molecule has 168 valence electrons. The molecular formula is C25H29N3O4. The summed E-state index contributed by atoms with van der Waals surface area (Å²) in [6, 6.07) is 11.6. The quantitative estimate of drug-likeness (QED) is 0.251. The van der Waals surface area contributed by atoms with Gasteiger partial charge in [-0.3, -0.25) is 5.41 Å². The summed E-state index contributed by atoms with van der Waals surface area (Å²) in [6.07, 6.45) is 5.67. The third kappa shape index (κ3) is 5.49. The van der Waals surface area contributed by atoms with Crippen molar-refractivity contribution in [3.05, 3.63) is 82.8 Å². The van der Waals surface area contributed by atoms with E-state index in [-0.39, 0.29) is 12.4 Å². The molecule has 0 saturated carbocycles. The predicted octanol–water partition coefficient (Wildman–Crippen LogP) is 4.90. The fraction of sp³-hybridized carbons (Fsp3) is 0.280. The standard InChI is InChI=1S/C25H29N3O4/c1-3-5-19-12-16(4-2)13-21(23(19)32-15-17-10-11-31-14-17)22(25(29)30)28-20-8-6-18(7-9-20)24(26)27/h6-14,22,28H,3-5,15H2,1-2H3,(H3,26,27)(H,29,30). The number of rotatable bonds is 11. The maximum absolute atomic E-state index is 12.3. The first kappa shape index (κ1) is 22.9. The smallest absolute Gasteiger partial charge is 0.330 e. The molecule has 2 aromatic carbocycles. The average molecular weight is 436 g/mol. The van der Waals surface area contributed by atoms with Crippen LogP contribution in [0.3, 0.4) is 0 Å². The van der Waals surface area contributed by atoms with Crippen LogP contribution in [0.4, 0.5) is 5.69 Å². The van der Waals surface area contributed by atoms with Crippen molar-refractivity contribution in [3.8, 4) is 5.75 Å². The van der Waals surface area contributed by atoms with E-state index in [2.05, 4.69) is 18.3 Å². The van der Waals surface area contributed by atoms with E-state index < -0.39 is 12.0 Å². The van der Waals surface area contributed by atoms with Crippen LogP contribution in [-0.2, 0) is 24.2 Å². The number of aryl methyl sites for hydroxylation is 2. The largest absolute Gasteiger partial charge is 0.488 e. The fourth-order valence-corrected chi connectivity index (χ4v) is 3.55. The summed E-state index contributed by atoms with van der Waals surface area (Å²) in [4.78, 5) is 12.3. The number of hydrogen-bond donors (Lipinski definition) is 4. The number of nitrogens with two attached hydrogens (primary N) is 1. The topological polar surface area (TPSA) is 122 Å². The van der Waals surface area contributed by atoms with E-state index in [9.17, 15) is 9.90 Å². The lowest BCUT2D eigenvalue weighted by molar-refractivity contribution is -0.138. The number of nitrogens with one attached hydrogen (secondary N) is 2. The summed E-state index contributed by atoms with van der Waals surface area (Å²) in [5, 5.41) is 20.7. The van der Waals surface area contributed by atoms with Crippen molar-refractivity contribution >= 4 is 17.5 Å². The number of amidine groups is 1. The molecule has 0 aliphatic heterocycles. The maximum Gasteiger partial charge on any atom is 0.330 e. The summed E-state index contributed by atoms with van der Waals surface area (Å²) in [6.45, 7) is 4.41. The summed E-state index contributed by atoms with van der Waals surface area (Å²) < 4.78 is 11.3. The van der Waals surface area contributed by atoms with Crippen molar-refractivity contribution in [2.45, 2.75) is 45.8 Å². The van der Waals surface area contributed by atoms with Crippen LogP contribution in [0.1, 0.15) is 54.1 Å². The molecule has 5 N–H and O–H groups in total. The molecule has 0 bridgehead atoms. The lowest BCUT2D eigenvalue weighted by atomic mass is 9.95. The molecule has 32 heavy (non-hydrogen) atoms. The number of carboxylic acids is 1. The van der Waals surface area contributed by atoms with Crippen LogP contribution in [0, 0.1) is 5.41 Å². The van der Waals surface area contributed by atoms with Gasteiger partial charge < -0.3 is 25.3 Å². The monoisotopic (exact) mass is 435 g/mol. The Hall–Kier alpha value is -3.74. The van der Waals surface area contributed by atoms with Crippen molar-refractivity contribution in [2.75, 3.05) is 5.32 Å². The van der Waals surface area contributed by atoms with E-state index in [1.165, 1.54) is 0 Å². The van der Waals surface area contributed by atoms with E-state index in [4.69, 9.17) is 20.3 Å². The summed E-state index contributed by atoms with van der Waals surface area (Å²) >= 11 is 0. The normalized spacial score (nSPS) is 11.7. The van der Waals surface area contributed by atoms with Crippen LogP contribution in [0.2, 0.25) is 0 Å². The molecular weight excluding hydrogens is 406 g/mol. The Labute approximate surface area is 187 Å². The first-order valence-electron chi connectivity index (χ1n) is 10.7. The van der Waals surface area contributed by atoms with Gasteiger partial charge in [-0.05, 0) is 60.4 Å². The van der Waals surface area contributed by atoms with Crippen LogP contribution in [0.5, 0.6) is 5.75 Å². The third-order valence-corrected chi connectivity index (χ3v) is 5.21. The molecule has 0 aliphatic rings. The highest BCUT2D eigenvalue weighted by Gasteiger charge is 2.26. The molecule has 0 spiro atoms. The van der Waals surface area contributed by atoms with E-state index in [1.54, 1.807) is 36.8 Å². The summed E-state index contributed by atoms with van der Waals surface area (Å²) in [5.41, 5.74) is 10.2. The van der Waals surface area contributed by atoms with Gasteiger partial charge in [-0.15, -0.1) is 0 Å². The van der Waals surface area contributed by atoms with Crippen LogP contribution < -0.4 is 15.8 Å². The van der Waals surface area contributed by atoms with Crippen molar-refractivity contribution in [3.63, 3.8) is 0 Å². The number of furan rings is 1. The Morgan fingerprint density at radius 2 is 1.94 bits per heavy atom. The van der Waals surface area contributed by atoms with Gasteiger partial charge in [0.2, 0.25) is 0 Å². The minimum atomic E-state index is -1.01. The number of carboxylic acid groups (broad SMARTS) is 1. The van der Waals surface area contributed by atoms with E-state index >= 15 is 0 Å². The third-order valence-electron chi connectivity index (χ3n) is 5.21. The zero-order valence-corrected chi connectivity index (χ0v) is 18.4. The van der Waals surface area contributed by atoms with Gasteiger partial charge in [-0.2, -0.15) is 0 Å². The molecule has 1 aromatic heterocycles. The lowest BCUT2D eigenvalue weighted by Gasteiger charge is -2.23. The fourth-order valence-electron chi connectivity index (χ4n) is 3.55. The van der Waals surface area contributed by atoms with Crippen molar-refractivity contribution in [1.29, 1.82) is 5.41 Å². The number of benzene rings is 2. The molecule has 1 unspecified atom stereocenters. The average Bonchev–Trinajstić information content (AvgIpc) is 3.30. The van der Waals surface area contributed by atoms with Gasteiger partial charge in [0.05, 0.1) is 12.5 Å². The second-order valence-electron chi connectivity index (χ2n) is 7.60. The lowest BCUT2D eigenvalue weighted by Crippen LogP contribution is -2.22. The SMILES string of the molecule is CCCc1cc(CC)cc(C(Nc2ccc(C(=N)N)cc2)C(=O)O)c1OCc1ccoc1. The van der Waals surface area contributed by atoms with Gasteiger partial charge in [0.15, 0.2) is 6.04 Å². The number of anilines is 1. The van der Waals surface area contributed by atoms with Crippen molar-refractivity contribution in [2.24, 2.45) is 5.73 Å². The van der Waals surface area contributed by atoms with Gasteiger partial charge in [0.25, 0.3) is 0 Å². The first-order valence-corrected chi connectivity index (χ1v) is 10.7. The Morgan fingerprint density at radius 3 is 2.50 bits per heavy atom. The Bertz CT molecular complexity index is 1060. The molecule has 0 radical (unpaired) electrons. The summed E-state index contributed by atoms with van der Waals surface area (Å²) in [7, 11) is 0. The number of aliphatic carboxylic acids is 1. The van der Waals surface area contributed by atoms with Gasteiger partial charge in [-0.1, -0.05) is 26.3 Å². The van der Waals surface area contributed by atoms with Gasteiger partial charge in [-0.25, -0.2) is 4.79 Å². The zero-order valence-electron chi connectivity index (χ0n) is 18.4. The Morgan fingerprint density at radius 1 is 1.19 bits per heavy atom. The molecule has 7 nitrogen and oxygen atoms in total. The highest BCUT2D eigenvalue weighted by molar-refractivity contribution is 5.95. The highest BCUT2D eigenvalue weighted by atomic mass is 16.5. The molecule has 0 aliphatic carbocycles. The van der Waals surface area contributed by atoms with Crippen molar-refractivity contribution in [1.82, 2.24) is 0 Å². The van der Waals surface area contributed by atoms with Crippen LogP contribution in [0.15, 0.2) is 59.4 Å². The first-order chi connectivity index (χ1) is 15.4. The molecule has 3 rings (SSSR count). The molecule has 1 heterocycles. The van der Waals surface area contributed by atoms with Gasteiger partial charge in [0, 0.05) is 22.4 Å². The minimum absolute atomic E-state index is 0.0406. The number of hydrogen-bond acceptors (Lipinski definition) is 5. The van der Waals surface area contributed by atoms with Gasteiger partial charge >= 0.3 is 5.97 Å². The summed E-state index contributed by atoms with van der Waals surface area (Å²) in [5.74, 6) is -0.462. The van der Waals surface area contributed by atoms with Crippen LogP contribution >= 0.6 is 0 Å².